The smallest absolute Gasteiger partial charge is 0.250 e. The fourth-order valence-electron chi connectivity index (χ4n) is 2.86. The quantitative estimate of drug-likeness (QED) is 0.479. The molecule has 1 aromatic heterocycles. The van der Waals surface area contributed by atoms with Crippen molar-refractivity contribution in [3.8, 4) is 0 Å². The van der Waals surface area contributed by atoms with Crippen LogP contribution in [-0.4, -0.2) is 23.1 Å². The zero-order valence-corrected chi connectivity index (χ0v) is 11.2. The summed E-state index contributed by atoms with van der Waals surface area (Å²) in [4.78, 5) is 11.6. The molecule has 4 N–H and O–H groups in total. The van der Waals surface area contributed by atoms with Crippen molar-refractivity contribution in [3.63, 3.8) is 0 Å². The summed E-state index contributed by atoms with van der Waals surface area (Å²) in [6.45, 7) is 3.28. The lowest BCUT2D eigenvalue weighted by Crippen LogP contribution is -3.00. The third kappa shape index (κ3) is 2.16. The Hall–Kier alpha value is -0.400. The van der Waals surface area contributed by atoms with Gasteiger partial charge >= 0.3 is 0 Å². The van der Waals surface area contributed by atoms with E-state index < -0.39 is 0 Å². The third-order valence-corrected chi connectivity index (χ3v) is 3.51. The van der Waals surface area contributed by atoms with E-state index in [1.807, 2.05) is 10.6 Å². The Morgan fingerprint density at radius 1 is 1.31 bits per heavy atom. The first-order chi connectivity index (χ1) is 6.84. The van der Waals surface area contributed by atoms with E-state index in [1.54, 1.807) is 6.07 Å². The Morgan fingerprint density at radius 3 is 2.94 bits per heavy atom. The molecule has 5 heteroatoms. The first-order valence-corrected chi connectivity index (χ1v) is 5.36. The van der Waals surface area contributed by atoms with Crippen molar-refractivity contribution in [1.29, 1.82) is 0 Å². The fraction of sp³-hybridized carbons (Fsp3) is 0.545. The van der Waals surface area contributed by atoms with Crippen LogP contribution >= 0.6 is 0 Å². The lowest BCUT2D eigenvalue weighted by atomic mass is 9.84. The monoisotopic (exact) mass is 336 g/mol. The molecule has 2 aliphatic rings. The molecule has 2 bridgehead atoms. The van der Waals surface area contributed by atoms with E-state index in [2.05, 4.69) is 11.4 Å². The number of nitrogens with two attached hydrogens (primary N) is 1. The number of aromatic nitrogens is 1. The number of nitrogens with zero attached hydrogens (tertiary/aromatic N) is 1. The molecular formula is C11H17IN2O2. The van der Waals surface area contributed by atoms with Crippen molar-refractivity contribution in [2.75, 3.05) is 13.1 Å². The number of hydrogen-bond donors (Lipinski definition) is 1. The van der Waals surface area contributed by atoms with Crippen molar-refractivity contribution >= 4 is 0 Å². The molecule has 4 nitrogen and oxygen atoms in total. The minimum atomic E-state index is 0. The van der Waals surface area contributed by atoms with Gasteiger partial charge in [0.05, 0.1) is 13.1 Å². The average Bonchev–Trinajstić information content (AvgIpc) is 2.20. The van der Waals surface area contributed by atoms with Crippen LogP contribution in [0.15, 0.2) is 23.0 Å². The molecule has 0 aromatic carbocycles. The number of piperidine rings is 1. The van der Waals surface area contributed by atoms with Gasteiger partial charge in [-0.25, -0.2) is 0 Å². The minimum Gasteiger partial charge on any atom is -1.00 e. The predicted molar refractivity (Wildman–Crippen MR) is 56.8 cm³/mol. The van der Waals surface area contributed by atoms with Crippen LogP contribution in [0.4, 0.5) is 0 Å². The van der Waals surface area contributed by atoms with Gasteiger partial charge in [0.1, 0.15) is 0 Å². The molecule has 0 amide bonds. The fourth-order valence-corrected chi connectivity index (χ4v) is 2.86. The molecule has 3 heterocycles. The molecule has 90 valence electrons. The van der Waals surface area contributed by atoms with E-state index in [0.29, 0.717) is 11.8 Å². The summed E-state index contributed by atoms with van der Waals surface area (Å²) >= 11 is 0. The highest BCUT2D eigenvalue weighted by Crippen LogP contribution is 2.29. The van der Waals surface area contributed by atoms with Gasteiger partial charge in [0.2, 0.25) is 0 Å². The summed E-state index contributed by atoms with van der Waals surface area (Å²) in [5.74, 6) is 1.32. The van der Waals surface area contributed by atoms with E-state index in [4.69, 9.17) is 0 Å². The van der Waals surface area contributed by atoms with Crippen LogP contribution in [0.25, 0.3) is 0 Å². The molecule has 3 rings (SSSR count). The molecular weight excluding hydrogens is 319 g/mol. The minimum absolute atomic E-state index is 0. The second-order valence-corrected chi connectivity index (χ2v) is 4.46. The molecule has 1 saturated heterocycles. The van der Waals surface area contributed by atoms with Gasteiger partial charge in [-0.3, -0.25) is 4.79 Å². The number of pyridine rings is 1. The molecule has 0 aliphatic carbocycles. The normalized spacial score (nSPS) is 26.0. The number of halogens is 1. The molecule has 0 spiro atoms. The zero-order chi connectivity index (χ0) is 9.54. The van der Waals surface area contributed by atoms with Crippen LogP contribution < -0.4 is 34.9 Å². The summed E-state index contributed by atoms with van der Waals surface area (Å²) in [5.41, 5.74) is 1.43. The maximum absolute atomic E-state index is 11.6. The van der Waals surface area contributed by atoms with Crippen molar-refractivity contribution in [1.82, 2.24) is 4.57 Å². The van der Waals surface area contributed by atoms with Crippen molar-refractivity contribution in [2.24, 2.45) is 5.92 Å². The molecule has 1 fully saturated rings. The Labute approximate surface area is 111 Å². The van der Waals surface area contributed by atoms with Gasteiger partial charge in [-0.2, -0.15) is 0 Å². The molecule has 2 aliphatic heterocycles. The van der Waals surface area contributed by atoms with Gasteiger partial charge < -0.3 is 39.3 Å². The van der Waals surface area contributed by atoms with Crippen LogP contribution in [0, 0.1) is 5.92 Å². The zero-order valence-electron chi connectivity index (χ0n) is 9.03. The van der Waals surface area contributed by atoms with E-state index >= 15 is 0 Å². The molecule has 0 radical (unpaired) electrons. The molecule has 0 saturated carbocycles. The maximum atomic E-state index is 11.6. The van der Waals surface area contributed by atoms with Crippen LogP contribution in [0.2, 0.25) is 0 Å². The maximum Gasteiger partial charge on any atom is 0.250 e. The van der Waals surface area contributed by atoms with Gasteiger partial charge in [-0.15, -0.1) is 0 Å². The first kappa shape index (κ1) is 13.7. The number of rotatable bonds is 0. The molecule has 1 aromatic rings. The number of quaternary nitrogens is 1. The second-order valence-electron chi connectivity index (χ2n) is 4.46. The Kier molecular flexibility index (Phi) is 4.52. The second kappa shape index (κ2) is 5.29. The van der Waals surface area contributed by atoms with Crippen LogP contribution in [0.3, 0.4) is 0 Å². The van der Waals surface area contributed by atoms with Crippen LogP contribution in [0.5, 0.6) is 0 Å². The predicted octanol–water partition coefficient (Wildman–Crippen LogP) is -4.29. The van der Waals surface area contributed by atoms with Crippen LogP contribution in [-0.2, 0) is 6.54 Å². The lowest BCUT2D eigenvalue weighted by molar-refractivity contribution is -0.673. The van der Waals surface area contributed by atoms with E-state index in [-0.39, 0.29) is 35.0 Å². The molecule has 16 heavy (non-hydrogen) atoms. The highest BCUT2D eigenvalue weighted by molar-refractivity contribution is 5.15. The van der Waals surface area contributed by atoms with Crippen LogP contribution in [0.1, 0.15) is 18.0 Å². The van der Waals surface area contributed by atoms with Gasteiger partial charge in [-0.05, 0) is 12.5 Å². The Bertz CT molecular complexity index is 419. The highest BCUT2D eigenvalue weighted by Gasteiger charge is 2.32. The Morgan fingerprint density at radius 2 is 2.12 bits per heavy atom. The summed E-state index contributed by atoms with van der Waals surface area (Å²) in [6.07, 6.45) is 1.28. The van der Waals surface area contributed by atoms with Gasteiger partial charge in [0.25, 0.3) is 5.56 Å². The topological polar surface area (TPSA) is 70.1 Å². The molecule has 2 atom stereocenters. The third-order valence-electron chi connectivity index (χ3n) is 3.51. The summed E-state index contributed by atoms with van der Waals surface area (Å²) in [7, 11) is 0. The summed E-state index contributed by atoms with van der Waals surface area (Å²) in [5, 5.41) is 2.39. The largest absolute Gasteiger partial charge is 1.00 e. The van der Waals surface area contributed by atoms with Crippen molar-refractivity contribution in [2.45, 2.75) is 18.9 Å². The lowest BCUT2D eigenvalue weighted by Gasteiger charge is -2.35. The summed E-state index contributed by atoms with van der Waals surface area (Å²) in [6, 6.07) is 5.68. The number of fused-ring (bicyclic) bond motifs is 4. The van der Waals surface area contributed by atoms with Gasteiger partial charge in [-0.1, -0.05) is 6.07 Å². The van der Waals surface area contributed by atoms with Crippen molar-refractivity contribution in [3.05, 3.63) is 34.2 Å². The SMILES string of the molecule is O.O=c1cccc2n1C[C@@H]1C[NH2+]C[C@H]2C1.[I-]. The highest BCUT2D eigenvalue weighted by atomic mass is 127. The van der Waals surface area contributed by atoms with Gasteiger partial charge in [0, 0.05) is 30.1 Å². The van der Waals surface area contributed by atoms with Crippen molar-refractivity contribution < 1.29 is 34.8 Å². The van der Waals surface area contributed by atoms with E-state index in [9.17, 15) is 4.79 Å². The number of hydrogen-bond acceptors (Lipinski definition) is 1. The average molecular weight is 336 g/mol. The summed E-state index contributed by atoms with van der Waals surface area (Å²) < 4.78 is 1.98. The van der Waals surface area contributed by atoms with Gasteiger partial charge in [0.15, 0.2) is 0 Å². The Balaban J connectivity index is 0.000000640. The first-order valence-electron chi connectivity index (χ1n) is 5.36. The standard InChI is InChI=1S/C11H14N2O.HI.H2O/c14-11-3-1-2-10-9-4-8(5-12-6-9)7-13(10)11;;/h1-3,8-9,12H,4-7H2;1H;1H2/t8-,9+;;/m0../s1. The van der Waals surface area contributed by atoms with E-state index in [0.717, 1.165) is 13.1 Å². The van der Waals surface area contributed by atoms with E-state index in [1.165, 1.54) is 18.7 Å². The molecule has 0 unspecified atom stereocenters.